The van der Waals surface area contributed by atoms with Crippen molar-refractivity contribution in [3.63, 3.8) is 0 Å². The van der Waals surface area contributed by atoms with Crippen molar-refractivity contribution in [2.75, 3.05) is 36.0 Å². The SMILES string of the molecule is c1ccc(CC2CCN(c3cc(N4CCCCC4)ncn3)CC2)cc1. The molecule has 1 aromatic carbocycles. The van der Waals surface area contributed by atoms with Crippen molar-refractivity contribution < 1.29 is 0 Å². The van der Waals surface area contributed by atoms with Gasteiger partial charge in [-0.05, 0) is 50.0 Å². The van der Waals surface area contributed by atoms with Gasteiger partial charge in [-0.3, -0.25) is 0 Å². The molecule has 2 aliphatic rings. The Bertz CT molecular complexity index is 659. The zero-order valence-electron chi connectivity index (χ0n) is 15.0. The predicted octanol–water partition coefficient (Wildman–Crippen LogP) is 3.93. The van der Waals surface area contributed by atoms with Gasteiger partial charge in [0.1, 0.15) is 18.0 Å². The van der Waals surface area contributed by atoms with Gasteiger partial charge in [0.05, 0.1) is 0 Å². The molecule has 0 unspecified atom stereocenters. The summed E-state index contributed by atoms with van der Waals surface area (Å²) >= 11 is 0. The molecule has 132 valence electrons. The average molecular weight is 336 g/mol. The Morgan fingerprint density at radius 3 is 2.12 bits per heavy atom. The van der Waals surface area contributed by atoms with Crippen LogP contribution in [0.15, 0.2) is 42.7 Å². The van der Waals surface area contributed by atoms with E-state index in [4.69, 9.17) is 0 Å². The summed E-state index contributed by atoms with van der Waals surface area (Å²) in [5.74, 6) is 3.01. The first-order valence-corrected chi connectivity index (χ1v) is 9.74. The van der Waals surface area contributed by atoms with E-state index < -0.39 is 0 Å². The maximum atomic E-state index is 4.56. The van der Waals surface area contributed by atoms with E-state index in [-0.39, 0.29) is 0 Å². The van der Waals surface area contributed by atoms with Gasteiger partial charge in [0.2, 0.25) is 0 Å². The largest absolute Gasteiger partial charge is 0.356 e. The quantitative estimate of drug-likeness (QED) is 0.847. The molecule has 4 rings (SSSR count). The molecule has 2 fully saturated rings. The van der Waals surface area contributed by atoms with E-state index in [0.717, 1.165) is 43.7 Å². The van der Waals surface area contributed by atoms with Crippen LogP contribution >= 0.6 is 0 Å². The molecular weight excluding hydrogens is 308 g/mol. The highest BCUT2D eigenvalue weighted by atomic mass is 15.2. The summed E-state index contributed by atoms with van der Waals surface area (Å²) < 4.78 is 0. The highest BCUT2D eigenvalue weighted by Gasteiger charge is 2.21. The number of anilines is 2. The van der Waals surface area contributed by atoms with Crippen molar-refractivity contribution in [2.24, 2.45) is 5.92 Å². The van der Waals surface area contributed by atoms with Crippen LogP contribution in [0, 0.1) is 5.92 Å². The van der Waals surface area contributed by atoms with E-state index in [1.165, 1.54) is 44.1 Å². The Kier molecular flexibility index (Phi) is 5.14. The van der Waals surface area contributed by atoms with Crippen molar-refractivity contribution in [1.29, 1.82) is 0 Å². The van der Waals surface area contributed by atoms with Crippen molar-refractivity contribution in [1.82, 2.24) is 9.97 Å². The molecule has 0 spiro atoms. The Morgan fingerprint density at radius 1 is 0.800 bits per heavy atom. The third-order valence-electron chi connectivity index (χ3n) is 5.62. The standard InChI is InChI=1S/C21H28N4/c1-3-7-18(8-4-1)15-19-9-13-25(14-10-19)21-16-20(22-17-23-21)24-11-5-2-6-12-24/h1,3-4,7-8,16-17,19H,2,5-6,9-15H2. The minimum absolute atomic E-state index is 0.794. The second-order valence-electron chi connectivity index (χ2n) is 7.40. The lowest BCUT2D eigenvalue weighted by Crippen LogP contribution is -2.35. The van der Waals surface area contributed by atoms with Gasteiger partial charge in [-0.25, -0.2) is 9.97 Å². The fourth-order valence-electron chi connectivity index (χ4n) is 4.12. The molecule has 0 aliphatic carbocycles. The van der Waals surface area contributed by atoms with E-state index >= 15 is 0 Å². The predicted molar refractivity (Wildman–Crippen MR) is 103 cm³/mol. The van der Waals surface area contributed by atoms with Crippen LogP contribution in [0.25, 0.3) is 0 Å². The van der Waals surface area contributed by atoms with Crippen LogP contribution in [-0.4, -0.2) is 36.1 Å². The van der Waals surface area contributed by atoms with Gasteiger partial charge in [-0.1, -0.05) is 30.3 Å². The Balaban J connectivity index is 1.36. The number of nitrogens with zero attached hydrogens (tertiary/aromatic N) is 4. The minimum atomic E-state index is 0.794. The van der Waals surface area contributed by atoms with E-state index in [0.29, 0.717) is 0 Å². The molecule has 4 nitrogen and oxygen atoms in total. The van der Waals surface area contributed by atoms with Crippen molar-refractivity contribution in [3.05, 3.63) is 48.3 Å². The van der Waals surface area contributed by atoms with Crippen LogP contribution in [0.1, 0.15) is 37.7 Å². The van der Waals surface area contributed by atoms with Crippen LogP contribution in [0.2, 0.25) is 0 Å². The lowest BCUT2D eigenvalue weighted by molar-refractivity contribution is 0.402. The van der Waals surface area contributed by atoms with E-state index in [1.54, 1.807) is 6.33 Å². The zero-order chi connectivity index (χ0) is 16.9. The summed E-state index contributed by atoms with van der Waals surface area (Å²) in [6.07, 6.45) is 9.36. The number of hydrogen-bond acceptors (Lipinski definition) is 4. The van der Waals surface area contributed by atoms with Gasteiger partial charge in [-0.15, -0.1) is 0 Å². The Hall–Kier alpha value is -2.10. The van der Waals surface area contributed by atoms with Crippen LogP contribution in [0.4, 0.5) is 11.6 Å². The minimum Gasteiger partial charge on any atom is -0.356 e. The topological polar surface area (TPSA) is 32.3 Å². The van der Waals surface area contributed by atoms with Crippen LogP contribution in [0.3, 0.4) is 0 Å². The molecule has 4 heteroatoms. The van der Waals surface area contributed by atoms with E-state index in [2.05, 4.69) is 56.2 Å². The molecule has 0 bridgehead atoms. The first kappa shape index (κ1) is 16.4. The van der Waals surface area contributed by atoms with Crippen LogP contribution < -0.4 is 9.80 Å². The van der Waals surface area contributed by atoms with Crippen molar-refractivity contribution in [2.45, 2.75) is 38.5 Å². The molecule has 0 atom stereocenters. The molecule has 0 saturated carbocycles. The summed E-state index contributed by atoms with van der Waals surface area (Å²) in [5.41, 5.74) is 1.47. The van der Waals surface area contributed by atoms with Crippen LogP contribution in [-0.2, 0) is 6.42 Å². The smallest absolute Gasteiger partial charge is 0.134 e. The van der Waals surface area contributed by atoms with Crippen LogP contribution in [0.5, 0.6) is 0 Å². The molecular formula is C21H28N4. The molecule has 25 heavy (non-hydrogen) atoms. The summed E-state index contributed by atoms with van der Waals surface area (Å²) in [7, 11) is 0. The lowest BCUT2D eigenvalue weighted by atomic mass is 9.90. The highest BCUT2D eigenvalue weighted by molar-refractivity contribution is 5.50. The maximum absolute atomic E-state index is 4.56. The Labute approximate surface area is 150 Å². The fraction of sp³-hybridized carbons (Fsp3) is 0.524. The second-order valence-corrected chi connectivity index (χ2v) is 7.40. The number of benzene rings is 1. The Morgan fingerprint density at radius 2 is 1.44 bits per heavy atom. The van der Waals surface area contributed by atoms with Gasteiger partial charge < -0.3 is 9.80 Å². The fourth-order valence-corrected chi connectivity index (χ4v) is 4.12. The lowest BCUT2D eigenvalue weighted by Gasteiger charge is -2.34. The molecule has 2 aromatic rings. The number of rotatable bonds is 4. The molecule has 2 saturated heterocycles. The normalized spacial score (nSPS) is 19.2. The van der Waals surface area contributed by atoms with Gasteiger partial charge in [-0.2, -0.15) is 0 Å². The number of hydrogen-bond donors (Lipinski definition) is 0. The maximum Gasteiger partial charge on any atom is 0.134 e. The zero-order valence-corrected chi connectivity index (χ0v) is 15.0. The summed E-state index contributed by atoms with van der Waals surface area (Å²) in [5, 5.41) is 0. The van der Waals surface area contributed by atoms with Crippen molar-refractivity contribution in [3.8, 4) is 0 Å². The van der Waals surface area contributed by atoms with E-state index in [1.807, 2.05) is 0 Å². The first-order chi connectivity index (χ1) is 12.4. The molecule has 3 heterocycles. The first-order valence-electron chi connectivity index (χ1n) is 9.74. The van der Waals surface area contributed by atoms with Gasteiger partial charge in [0.15, 0.2) is 0 Å². The van der Waals surface area contributed by atoms with Gasteiger partial charge in [0, 0.05) is 32.2 Å². The third-order valence-corrected chi connectivity index (χ3v) is 5.62. The monoisotopic (exact) mass is 336 g/mol. The highest BCUT2D eigenvalue weighted by Crippen LogP contribution is 2.27. The van der Waals surface area contributed by atoms with E-state index in [9.17, 15) is 0 Å². The summed E-state index contributed by atoms with van der Waals surface area (Å²) in [4.78, 5) is 13.9. The summed E-state index contributed by atoms with van der Waals surface area (Å²) in [6.45, 7) is 4.48. The molecule has 0 radical (unpaired) electrons. The average Bonchev–Trinajstić information content (AvgIpc) is 2.70. The molecule has 2 aliphatic heterocycles. The van der Waals surface area contributed by atoms with Crippen molar-refractivity contribution >= 4 is 11.6 Å². The molecule has 0 amide bonds. The second kappa shape index (κ2) is 7.85. The third kappa shape index (κ3) is 4.12. The summed E-state index contributed by atoms with van der Waals surface area (Å²) in [6, 6.07) is 13.1. The van der Waals surface area contributed by atoms with Gasteiger partial charge >= 0.3 is 0 Å². The molecule has 1 aromatic heterocycles. The number of aromatic nitrogens is 2. The number of piperidine rings is 2. The van der Waals surface area contributed by atoms with Gasteiger partial charge in [0.25, 0.3) is 0 Å². The molecule has 0 N–H and O–H groups in total.